The summed E-state index contributed by atoms with van der Waals surface area (Å²) in [4.78, 5) is 3.66. The van der Waals surface area contributed by atoms with Crippen molar-refractivity contribution in [1.82, 2.24) is 19.4 Å². The van der Waals surface area contributed by atoms with Gasteiger partial charge in [0.2, 0.25) is 10.0 Å². The Morgan fingerprint density at radius 1 is 1.25 bits per heavy atom. The summed E-state index contributed by atoms with van der Waals surface area (Å²) in [5, 5.41) is 4.48. The van der Waals surface area contributed by atoms with Crippen LogP contribution in [0.5, 0.6) is 0 Å². The Bertz CT molecular complexity index is 800. The highest BCUT2D eigenvalue weighted by atomic mass is 32.2. The molecule has 2 aromatic rings. The summed E-state index contributed by atoms with van der Waals surface area (Å²) in [7, 11) is -3.19. The van der Waals surface area contributed by atoms with E-state index in [2.05, 4.69) is 45.2 Å². The van der Waals surface area contributed by atoms with Gasteiger partial charge in [-0.2, -0.15) is 5.10 Å². The monoisotopic (exact) mass is 366 g/mol. The topological polar surface area (TPSA) is 67.2 Å². The molecule has 1 aliphatic rings. The van der Waals surface area contributed by atoms with Crippen molar-refractivity contribution in [2.45, 2.75) is 31.1 Å². The highest BCUT2D eigenvalue weighted by Gasteiger charge is 2.18. The minimum atomic E-state index is -3.19. The number of rotatable bonds is 6. The first kappa shape index (κ1) is 17.5. The first-order valence-electron chi connectivity index (χ1n) is 7.78. The third-order valence-corrected chi connectivity index (χ3v) is 5.42. The Hall–Kier alpha value is -1.35. The lowest BCUT2D eigenvalue weighted by Crippen LogP contribution is -2.33. The van der Waals surface area contributed by atoms with Gasteiger partial charge in [-0.15, -0.1) is 11.8 Å². The Kier molecular flexibility index (Phi) is 5.29. The van der Waals surface area contributed by atoms with Gasteiger partial charge in [-0.25, -0.2) is 13.1 Å². The summed E-state index contributed by atoms with van der Waals surface area (Å²) in [6.07, 6.45) is 3.24. The van der Waals surface area contributed by atoms with E-state index in [0.717, 1.165) is 43.8 Å². The highest BCUT2D eigenvalue weighted by Crippen LogP contribution is 2.19. The number of hydrogen-bond donors (Lipinski definition) is 1. The summed E-state index contributed by atoms with van der Waals surface area (Å²) in [6.45, 7) is 3.76. The van der Waals surface area contributed by atoms with Crippen LogP contribution in [0.25, 0.3) is 0 Å². The highest BCUT2D eigenvalue weighted by molar-refractivity contribution is 7.98. The zero-order chi connectivity index (χ0) is 17.2. The zero-order valence-corrected chi connectivity index (χ0v) is 15.5. The lowest BCUT2D eigenvalue weighted by atomic mass is 10.2. The fourth-order valence-electron chi connectivity index (χ4n) is 2.80. The van der Waals surface area contributed by atoms with Crippen molar-refractivity contribution in [2.24, 2.45) is 0 Å². The molecule has 0 saturated heterocycles. The number of nitrogens with one attached hydrogen (secondary N) is 1. The van der Waals surface area contributed by atoms with E-state index in [0.29, 0.717) is 0 Å². The van der Waals surface area contributed by atoms with Gasteiger partial charge in [0.15, 0.2) is 0 Å². The number of nitrogens with zero attached hydrogens (tertiary/aromatic N) is 3. The first-order valence-corrected chi connectivity index (χ1v) is 10.9. The normalized spacial score (nSPS) is 15.4. The van der Waals surface area contributed by atoms with Crippen LogP contribution in [-0.4, -0.2) is 42.2 Å². The predicted molar refractivity (Wildman–Crippen MR) is 96.2 cm³/mol. The lowest BCUT2D eigenvalue weighted by Gasteiger charge is -2.27. The summed E-state index contributed by atoms with van der Waals surface area (Å²) >= 11 is 1.75. The van der Waals surface area contributed by atoms with E-state index in [-0.39, 0.29) is 6.54 Å². The van der Waals surface area contributed by atoms with Crippen molar-refractivity contribution in [3.8, 4) is 0 Å². The van der Waals surface area contributed by atoms with Crippen molar-refractivity contribution in [3.05, 3.63) is 47.3 Å². The van der Waals surface area contributed by atoms with Gasteiger partial charge >= 0.3 is 0 Å². The number of fused-ring (bicyclic) bond motifs is 1. The van der Waals surface area contributed by atoms with Gasteiger partial charge in [-0.05, 0) is 30.0 Å². The smallest absolute Gasteiger partial charge is 0.209 e. The molecule has 1 N–H and O–H groups in total. The molecule has 8 heteroatoms. The fourth-order valence-corrected chi connectivity index (χ4v) is 3.61. The number of thioether (sulfide) groups is 1. The third kappa shape index (κ3) is 4.60. The second kappa shape index (κ2) is 7.26. The Morgan fingerprint density at radius 3 is 2.67 bits per heavy atom. The summed E-state index contributed by atoms with van der Waals surface area (Å²) in [6, 6.07) is 10.7. The molecule has 0 fully saturated rings. The molecule has 0 amide bonds. The molecule has 3 rings (SSSR count). The van der Waals surface area contributed by atoms with Crippen LogP contribution >= 0.6 is 11.8 Å². The van der Waals surface area contributed by atoms with Crippen LogP contribution in [0.2, 0.25) is 0 Å². The van der Waals surface area contributed by atoms with Crippen LogP contribution in [0.1, 0.15) is 17.0 Å². The van der Waals surface area contributed by atoms with Gasteiger partial charge in [0.05, 0.1) is 30.7 Å². The largest absolute Gasteiger partial charge is 0.291 e. The van der Waals surface area contributed by atoms with Crippen molar-refractivity contribution in [2.75, 3.05) is 19.1 Å². The molecular formula is C16H22N4O2S2. The fraction of sp³-hybridized carbons (Fsp3) is 0.438. The van der Waals surface area contributed by atoms with E-state index in [1.165, 1.54) is 10.5 Å². The molecule has 0 radical (unpaired) electrons. The molecule has 6 nitrogen and oxygen atoms in total. The maximum atomic E-state index is 11.2. The van der Waals surface area contributed by atoms with E-state index < -0.39 is 10.0 Å². The van der Waals surface area contributed by atoms with Crippen LogP contribution in [-0.2, 0) is 36.2 Å². The molecule has 1 aliphatic heterocycles. The van der Waals surface area contributed by atoms with Gasteiger partial charge in [0.1, 0.15) is 0 Å². The molecule has 1 aromatic heterocycles. The molecule has 0 aliphatic carbocycles. The second-order valence-electron chi connectivity index (χ2n) is 6.00. The van der Waals surface area contributed by atoms with E-state index >= 15 is 0 Å². The van der Waals surface area contributed by atoms with Crippen molar-refractivity contribution in [1.29, 1.82) is 0 Å². The summed E-state index contributed by atoms with van der Waals surface area (Å²) in [5.74, 6) is 0. The maximum absolute atomic E-state index is 11.2. The SMILES string of the molecule is CSc1ccc(CN2CCn3nc(CNS(C)(=O)=O)cc3C2)cc1. The van der Waals surface area contributed by atoms with E-state index in [1.54, 1.807) is 11.8 Å². The molecule has 130 valence electrons. The summed E-state index contributed by atoms with van der Waals surface area (Å²) in [5.41, 5.74) is 3.20. The van der Waals surface area contributed by atoms with Crippen molar-refractivity contribution in [3.63, 3.8) is 0 Å². The molecule has 2 heterocycles. The summed E-state index contributed by atoms with van der Waals surface area (Å²) < 4.78 is 26.9. The van der Waals surface area contributed by atoms with Gasteiger partial charge in [-0.1, -0.05) is 12.1 Å². The standard InChI is InChI=1S/C16H22N4O2S2/c1-23-16-5-3-13(4-6-16)11-19-7-8-20-15(12-19)9-14(18-20)10-17-24(2,21)22/h3-6,9,17H,7-8,10-12H2,1-2H3. The van der Waals surface area contributed by atoms with Gasteiger partial charge < -0.3 is 0 Å². The average molecular weight is 367 g/mol. The van der Waals surface area contributed by atoms with Gasteiger partial charge in [0, 0.05) is 24.5 Å². The van der Waals surface area contributed by atoms with Gasteiger partial charge in [-0.3, -0.25) is 9.58 Å². The lowest BCUT2D eigenvalue weighted by molar-refractivity contribution is 0.205. The predicted octanol–water partition coefficient (Wildman–Crippen LogP) is 1.67. The van der Waals surface area contributed by atoms with Crippen LogP contribution < -0.4 is 4.72 Å². The number of hydrogen-bond acceptors (Lipinski definition) is 5. The minimum Gasteiger partial charge on any atom is -0.291 e. The van der Waals surface area contributed by atoms with E-state index in [1.807, 2.05) is 10.7 Å². The van der Waals surface area contributed by atoms with Crippen molar-refractivity contribution < 1.29 is 8.42 Å². The van der Waals surface area contributed by atoms with Crippen LogP contribution in [0.3, 0.4) is 0 Å². The quantitative estimate of drug-likeness (QED) is 0.788. The second-order valence-corrected chi connectivity index (χ2v) is 8.71. The Balaban J connectivity index is 1.62. The molecule has 0 atom stereocenters. The number of aromatic nitrogens is 2. The molecule has 0 saturated carbocycles. The Labute approximate surface area is 147 Å². The first-order chi connectivity index (χ1) is 11.4. The Morgan fingerprint density at radius 2 is 2.00 bits per heavy atom. The molecule has 0 bridgehead atoms. The minimum absolute atomic E-state index is 0.245. The molecule has 0 spiro atoms. The van der Waals surface area contributed by atoms with Crippen LogP contribution in [0.15, 0.2) is 35.2 Å². The van der Waals surface area contributed by atoms with E-state index in [9.17, 15) is 8.42 Å². The molecule has 24 heavy (non-hydrogen) atoms. The van der Waals surface area contributed by atoms with Crippen LogP contribution in [0, 0.1) is 0 Å². The van der Waals surface area contributed by atoms with E-state index in [4.69, 9.17) is 0 Å². The molecule has 0 unspecified atom stereocenters. The number of sulfonamides is 1. The zero-order valence-electron chi connectivity index (χ0n) is 13.9. The third-order valence-electron chi connectivity index (χ3n) is 4.01. The molecule has 1 aromatic carbocycles. The average Bonchev–Trinajstić information content (AvgIpc) is 2.95. The van der Waals surface area contributed by atoms with Crippen LogP contribution in [0.4, 0.5) is 0 Å². The van der Waals surface area contributed by atoms with Gasteiger partial charge in [0.25, 0.3) is 0 Å². The van der Waals surface area contributed by atoms with Crippen molar-refractivity contribution >= 4 is 21.8 Å². The molecular weight excluding hydrogens is 344 g/mol. The maximum Gasteiger partial charge on any atom is 0.209 e. The number of benzene rings is 1.